The molecule has 0 radical (unpaired) electrons. The first kappa shape index (κ1) is 30.7. The molecule has 0 fully saturated rings. The van der Waals surface area contributed by atoms with Gasteiger partial charge in [-0.15, -0.1) is 0 Å². The lowest BCUT2D eigenvalue weighted by Gasteiger charge is -2.25. The Bertz CT molecular complexity index is 925. The molecular formula is C23H34N4O8S. The normalized spacial score (nSPS) is 14.2. The number of phenolic OH excluding ortho intramolecular Hbond substituents is 1. The zero-order valence-electron chi connectivity index (χ0n) is 20.4. The summed E-state index contributed by atoms with van der Waals surface area (Å²) in [5.74, 6) is -4.83. The van der Waals surface area contributed by atoms with Crippen molar-refractivity contribution < 1.29 is 39.3 Å². The van der Waals surface area contributed by atoms with Crippen molar-refractivity contribution >= 4 is 41.4 Å². The highest BCUT2D eigenvalue weighted by Gasteiger charge is 2.31. The van der Waals surface area contributed by atoms with Crippen LogP contribution in [0.1, 0.15) is 32.3 Å². The number of nitrogens with two attached hydrogens (primary N) is 1. The van der Waals surface area contributed by atoms with Gasteiger partial charge in [0.15, 0.2) is 0 Å². The van der Waals surface area contributed by atoms with Crippen molar-refractivity contribution in [3.63, 3.8) is 0 Å². The van der Waals surface area contributed by atoms with Gasteiger partial charge in [-0.25, -0.2) is 4.79 Å². The van der Waals surface area contributed by atoms with Crippen molar-refractivity contribution in [2.45, 2.75) is 57.3 Å². The molecule has 3 amide bonds. The molecule has 1 rings (SSSR count). The lowest BCUT2D eigenvalue weighted by Crippen LogP contribution is -2.58. The van der Waals surface area contributed by atoms with Crippen molar-refractivity contribution in [1.29, 1.82) is 0 Å². The molecule has 0 spiro atoms. The predicted molar refractivity (Wildman–Crippen MR) is 133 cm³/mol. The van der Waals surface area contributed by atoms with Gasteiger partial charge in [0.05, 0.1) is 12.5 Å². The van der Waals surface area contributed by atoms with Gasteiger partial charge in [0.25, 0.3) is 0 Å². The van der Waals surface area contributed by atoms with E-state index in [1.165, 1.54) is 23.9 Å². The van der Waals surface area contributed by atoms with E-state index in [0.29, 0.717) is 11.3 Å². The minimum Gasteiger partial charge on any atom is -0.508 e. The second-order valence-corrected chi connectivity index (χ2v) is 9.53. The van der Waals surface area contributed by atoms with E-state index in [4.69, 9.17) is 10.8 Å². The number of hydrogen-bond donors (Lipinski definition) is 7. The van der Waals surface area contributed by atoms with Crippen molar-refractivity contribution in [3.8, 4) is 5.75 Å². The van der Waals surface area contributed by atoms with Gasteiger partial charge in [0.1, 0.15) is 23.9 Å². The quantitative estimate of drug-likeness (QED) is 0.158. The van der Waals surface area contributed by atoms with Gasteiger partial charge < -0.3 is 37.0 Å². The van der Waals surface area contributed by atoms with E-state index in [2.05, 4.69) is 16.0 Å². The molecule has 0 saturated carbocycles. The van der Waals surface area contributed by atoms with Crippen LogP contribution in [-0.2, 0) is 30.4 Å². The van der Waals surface area contributed by atoms with Crippen molar-refractivity contribution in [1.82, 2.24) is 16.0 Å². The molecule has 0 aliphatic heterocycles. The van der Waals surface area contributed by atoms with Gasteiger partial charge in [0, 0.05) is 6.42 Å². The Morgan fingerprint density at radius 1 is 0.889 bits per heavy atom. The minimum absolute atomic E-state index is 0.0220. The average Bonchev–Trinajstić information content (AvgIpc) is 2.80. The highest BCUT2D eigenvalue weighted by Crippen LogP contribution is 2.12. The van der Waals surface area contributed by atoms with E-state index in [1.54, 1.807) is 32.2 Å². The number of thioether (sulfide) groups is 1. The van der Waals surface area contributed by atoms with Crippen molar-refractivity contribution in [2.24, 2.45) is 11.7 Å². The summed E-state index contributed by atoms with van der Waals surface area (Å²) < 4.78 is 0. The number of hydrogen-bond acceptors (Lipinski definition) is 8. The predicted octanol–water partition coefficient (Wildman–Crippen LogP) is -0.315. The fourth-order valence-electron chi connectivity index (χ4n) is 3.07. The van der Waals surface area contributed by atoms with Crippen LogP contribution in [0.2, 0.25) is 0 Å². The molecule has 4 atom stereocenters. The average molecular weight is 527 g/mol. The highest BCUT2D eigenvalue weighted by molar-refractivity contribution is 7.98. The van der Waals surface area contributed by atoms with Crippen LogP contribution < -0.4 is 21.7 Å². The number of benzene rings is 1. The zero-order chi connectivity index (χ0) is 27.4. The SMILES string of the molecule is CSCCC(NC(=O)C(Cc1ccc(O)cc1)NC(=O)C(N)C(C)C)C(=O)NC(CC(=O)O)C(=O)O. The van der Waals surface area contributed by atoms with E-state index in [1.807, 2.05) is 0 Å². The fourth-order valence-corrected chi connectivity index (χ4v) is 3.54. The summed E-state index contributed by atoms with van der Waals surface area (Å²) in [5, 5.41) is 35.0. The number of carbonyl (C=O) groups is 5. The standard InChI is InChI=1S/C23H34N4O8S/c1-12(2)19(24)22(33)26-16(10-13-4-6-14(28)7-5-13)21(32)25-15(8-9-36-3)20(31)27-17(23(34)35)11-18(29)30/h4-7,12,15-17,19,28H,8-11,24H2,1-3H3,(H,25,32)(H,26,33)(H,27,31)(H,29,30)(H,34,35). The molecule has 0 heterocycles. The van der Waals surface area contributed by atoms with Crippen molar-refractivity contribution in [3.05, 3.63) is 29.8 Å². The molecule has 0 aromatic heterocycles. The molecule has 36 heavy (non-hydrogen) atoms. The van der Waals surface area contributed by atoms with Crippen LogP contribution in [0.15, 0.2) is 24.3 Å². The molecule has 12 nitrogen and oxygen atoms in total. The lowest BCUT2D eigenvalue weighted by atomic mass is 10.0. The number of carbonyl (C=O) groups excluding carboxylic acids is 3. The molecule has 0 aliphatic carbocycles. The van der Waals surface area contributed by atoms with Crippen LogP contribution in [0.4, 0.5) is 0 Å². The van der Waals surface area contributed by atoms with Crippen LogP contribution >= 0.6 is 11.8 Å². The summed E-state index contributed by atoms with van der Waals surface area (Å²) >= 11 is 1.39. The third-order valence-electron chi connectivity index (χ3n) is 5.27. The van der Waals surface area contributed by atoms with Crippen LogP contribution in [0.3, 0.4) is 0 Å². The van der Waals surface area contributed by atoms with Gasteiger partial charge >= 0.3 is 11.9 Å². The monoisotopic (exact) mass is 526 g/mol. The van der Waals surface area contributed by atoms with Gasteiger partial charge in [0.2, 0.25) is 17.7 Å². The van der Waals surface area contributed by atoms with Crippen molar-refractivity contribution in [2.75, 3.05) is 12.0 Å². The molecule has 4 unspecified atom stereocenters. The molecule has 200 valence electrons. The summed E-state index contributed by atoms with van der Waals surface area (Å²) in [4.78, 5) is 60.9. The number of aromatic hydroxyl groups is 1. The summed E-state index contributed by atoms with van der Waals surface area (Å²) in [5.41, 5.74) is 6.53. The van der Waals surface area contributed by atoms with Crippen LogP contribution in [-0.4, -0.2) is 81.2 Å². The van der Waals surface area contributed by atoms with Gasteiger partial charge in [-0.1, -0.05) is 26.0 Å². The highest BCUT2D eigenvalue weighted by atomic mass is 32.2. The maximum absolute atomic E-state index is 13.2. The van der Waals surface area contributed by atoms with Gasteiger partial charge in [-0.05, 0) is 42.0 Å². The van der Waals surface area contributed by atoms with Crippen LogP contribution in [0.5, 0.6) is 5.75 Å². The number of rotatable bonds is 15. The van der Waals surface area contributed by atoms with Gasteiger partial charge in [-0.2, -0.15) is 11.8 Å². The molecular weight excluding hydrogens is 492 g/mol. The number of aliphatic carboxylic acids is 2. The molecule has 13 heteroatoms. The third-order valence-corrected chi connectivity index (χ3v) is 5.91. The van der Waals surface area contributed by atoms with Crippen LogP contribution in [0.25, 0.3) is 0 Å². The van der Waals surface area contributed by atoms with E-state index in [0.717, 1.165) is 0 Å². The number of carboxylic acids is 2. The first-order valence-electron chi connectivity index (χ1n) is 11.2. The molecule has 0 saturated heterocycles. The summed E-state index contributed by atoms with van der Waals surface area (Å²) in [6.45, 7) is 3.50. The molecule has 1 aromatic carbocycles. The summed E-state index contributed by atoms with van der Waals surface area (Å²) in [6, 6.07) is 1.12. The number of nitrogens with one attached hydrogen (secondary N) is 3. The number of carboxylic acid groups (broad SMARTS) is 2. The first-order chi connectivity index (χ1) is 16.8. The molecule has 1 aromatic rings. The van der Waals surface area contributed by atoms with E-state index < -0.39 is 60.2 Å². The van der Waals surface area contributed by atoms with E-state index in [9.17, 15) is 34.2 Å². The maximum Gasteiger partial charge on any atom is 0.326 e. The van der Waals surface area contributed by atoms with Crippen LogP contribution in [0, 0.1) is 5.92 Å². The zero-order valence-corrected chi connectivity index (χ0v) is 21.2. The Hall–Kier alpha value is -3.32. The Morgan fingerprint density at radius 3 is 1.92 bits per heavy atom. The fraction of sp³-hybridized carbons (Fsp3) is 0.522. The molecule has 0 bridgehead atoms. The van der Waals surface area contributed by atoms with E-state index in [-0.39, 0.29) is 24.5 Å². The second-order valence-electron chi connectivity index (χ2n) is 8.54. The number of phenols is 1. The third kappa shape index (κ3) is 10.5. The maximum atomic E-state index is 13.2. The minimum atomic E-state index is -1.68. The largest absolute Gasteiger partial charge is 0.508 e. The topological polar surface area (TPSA) is 208 Å². The first-order valence-corrected chi connectivity index (χ1v) is 12.6. The second kappa shape index (κ2) is 14.9. The summed E-state index contributed by atoms with van der Waals surface area (Å²) in [7, 11) is 0. The molecule has 8 N–H and O–H groups in total. The number of amides is 3. The van der Waals surface area contributed by atoms with Gasteiger partial charge in [-0.3, -0.25) is 19.2 Å². The Balaban J connectivity index is 3.12. The van der Waals surface area contributed by atoms with E-state index >= 15 is 0 Å². The lowest BCUT2D eigenvalue weighted by molar-refractivity contribution is -0.147. The molecule has 0 aliphatic rings. The Morgan fingerprint density at radius 2 is 1.42 bits per heavy atom. The Kier molecular flexibility index (Phi) is 12.7. The summed E-state index contributed by atoms with van der Waals surface area (Å²) in [6.07, 6.45) is 1.10. The smallest absolute Gasteiger partial charge is 0.326 e. The Labute approximate surface area is 213 Å².